The number of benzene rings is 1. The van der Waals surface area contributed by atoms with Gasteiger partial charge >= 0.3 is 0 Å². The number of nitrogens with zero attached hydrogens (tertiary/aromatic N) is 1. The van der Waals surface area contributed by atoms with E-state index in [0.29, 0.717) is 15.6 Å². The quantitative estimate of drug-likeness (QED) is 0.839. The van der Waals surface area contributed by atoms with E-state index in [0.717, 1.165) is 16.6 Å². The fourth-order valence-electron chi connectivity index (χ4n) is 1.78. The molecule has 1 N–H and O–H groups in total. The summed E-state index contributed by atoms with van der Waals surface area (Å²) in [5, 5.41) is 11.6. The minimum Gasteiger partial charge on any atom is -0.389 e. The number of pyridine rings is 1. The third-order valence-electron chi connectivity index (χ3n) is 2.43. The van der Waals surface area contributed by atoms with Crippen LogP contribution in [0.25, 0.3) is 10.9 Å². The standard InChI is InChI=1S/C12H11Cl2NO/c1-6-3-9(7(2)16)12-10(14)4-8(13)5-11(12)15-6/h3-5,7,16H,1-2H3. The molecule has 0 radical (unpaired) electrons. The normalized spacial score (nSPS) is 13.1. The highest BCUT2D eigenvalue weighted by molar-refractivity contribution is 6.38. The van der Waals surface area contributed by atoms with Crippen LogP contribution in [0.15, 0.2) is 18.2 Å². The molecule has 1 aromatic carbocycles. The maximum absolute atomic E-state index is 9.72. The first-order chi connectivity index (χ1) is 7.49. The fourth-order valence-corrected chi connectivity index (χ4v) is 2.37. The molecule has 0 saturated heterocycles. The molecule has 0 bridgehead atoms. The van der Waals surface area contributed by atoms with Gasteiger partial charge < -0.3 is 5.11 Å². The number of aliphatic hydroxyl groups excluding tert-OH is 1. The molecule has 0 saturated carbocycles. The summed E-state index contributed by atoms with van der Waals surface area (Å²) in [5.41, 5.74) is 2.33. The number of aromatic nitrogens is 1. The molecule has 16 heavy (non-hydrogen) atoms. The first-order valence-corrected chi connectivity index (χ1v) is 5.69. The van der Waals surface area contributed by atoms with Crippen molar-refractivity contribution in [1.82, 2.24) is 4.98 Å². The number of hydrogen-bond acceptors (Lipinski definition) is 2. The van der Waals surface area contributed by atoms with Crippen LogP contribution in [0.1, 0.15) is 24.3 Å². The zero-order valence-electron chi connectivity index (χ0n) is 8.96. The van der Waals surface area contributed by atoms with Crippen LogP contribution in [0.3, 0.4) is 0 Å². The zero-order valence-corrected chi connectivity index (χ0v) is 10.5. The van der Waals surface area contributed by atoms with Crippen LogP contribution < -0.4 is 0 Å². The van der Waals surface area contributed by atoms with E-state index in [9.17, 15) is 5.11 Å². The van der Waals surface area contributed by atoms with Gasteiger partial charge in [0, 0.05) is 16.1 Å². The molecule has 0 fully saturated rings. The molecule has 0 amide bonds. The molecule has 1 aromatic heterocycles. The van der Waals surface area contributed by atoms with E-state index in [1.165, 1.54) is 0 Å². The second kappa shape index (κ2) is 4.21. The number of aryl methyl sites for hydroxylation is 1. The number of halogens is 2. The predicted molar refractivity (Wildman–Crippen MR) is 67.1 cm³/mol. The highest BCUT2D eigenvalue weighted by Crippen LogP contribution is 2.32. The molecule has 2 aromatic rings. The van der Waals surface area contributed by atoms with Crippen LogP contribution in [-0.4, -0.2) is 10.1 Å². The van der Waals surface area contributed by atoms with Gasteiger partial charge in [-0.05, 0) is 37.6 Å². The zero-order chi connectivity index (χ0) is 11.9. The molecule has 0 aliphatic carbocycles. The van der Waals surface area contributed by atoms with Gasteiger partial charge in [0.05, 0.1) is 16.6 Å². The monoisotopic (exact) mass is 255 g/mol. The lowest BCUT2D eigenvalue weighted by Crippen LogP contribution is -1.97. The minimum absolute atomic E-state index is 0.519. The van der Waals surface area contributed by atoms with E-state index in [1.54, 1.807) is 19.1 Å². The van der Waals surface area contributed by atoms with Gasteiger partial charge in [-0.3, -0.25) is 4.98 Å². The summed E-state index contributed by atoms with van der Waals surface area (Å²) in [7, 11) is 0. The maximum atomic E-state index is 9.72. The first-order valence-electron chi connectivity index (χ1n) is 4.93. The molecule has 84 valence electrons. The van der Waals surface area contributed by atoms with Crippen molar-refractivity contribution >= 4 is 34.1 Å². The van der Waals surface area contributed by atoms with Crippen molar-refractivity contribution in [3.63, 3.8) is 0 Å². The molecule has 1 unspecified atom stereocenters. The van der Waals surface area contributed by atoms with Crippen LogP contribution in [0, 0.1) is 6.92 Å². The Bertz CT molecular complexity index is 547. The van der Waals surface area contributed by atoms with Crippen molar-refractivity contribution in [3.05, 3.63) is 39.5 Å². The number of hydrogen-bond donors (Lipinski definition) is 1. The molecule has 0 aliphatic rings. The smallest absolute Gasteiger partial charge is 0.0769 e. The molecule has 1 heterocycles. The van der Waals surface area contributed by atoms with Gasteiger partial charge in [0.1, 0.15) is 0 Å². The van der Waals surface area contributed by atoms with Crippen molar-refractivity contribution in [2.24, 2.45) is 0 Å². The van der Waals surface area contributed by atoms with Gasteiger partial charge in [-0.1, -0.05) is 23.2 Å². The van der Waals surface area contributed by atoms with E-state index in [2.05, 4.69) is 4.98 Å². The molecule has 2 nitrogen and oxygen atoms in total. The largest absolute Gasteiger partial charge is 0.389 e. The summed E-state index contributed by atoms with van der Waals surface area (Å²) < 4.78 is 0. The lowest BCUT2D eigenvalue weighted by molar-refractivity contribution is 0.200. The van der Waals surface area contributed by atoms with Gasteiger partial charge in [0.15, 0.2) is 0 Å². The lowest BCUT2D eigenvalue weighted by Gasteiger charge is -2.12. The SMILES string of the molecule is Cc1cc(C(C)O)c2c(Cl)cc(Cl)cc2n1. The summed E-state index contributed by atoms with van der Waals surface area (Å²) in [4.78, 5) is 4.36. The average Bonchev–Trinajstić information content (AvgIpc) is 2.14. The van der Waals surface area contributed by atoms with Crippen LogP contribution in [0.4, 0.5) is 0 Å². The average molecular weight is 256 g/mol. The lowest BCUT2D eigenvalue weighted by atomic mass is 10.0. The van der Waals surface area contributed by atoms with Crippen LogP contribution in [0.5, 0.6) is 0 Å². The summed E-state index contributed by atoms with van der Waals surface area (Å²) in [6, 6.07) is 5.25. The molecule has 2 rings (SSSR count). The first kappa shape index (κ1) is 11.6. The second-order valence-electron chi connectivity index (χ2n) is 3.81. The predicted octanol–water partition coefficient (Wildman–Crippen LogP) is 3.90. The second-order valence-corrected chi connectivity index (χ2v) is 4.65. The Morgan fingerprint density at radius 3 is 2.56 bits per heavy atom. The van der Waals surface area contributed by atoms with Gasteiger partial charge in [0.2, 0.25) is 0 Å². The maximum Gasteiger partial charge on any atom is 0.0769 e. The van der Waals surface area contributed by atoms with Crippen molar-refractivity contribution in [3.8, 4) is 0 Å². The number of aliphatic hydroxyl groups is 1. The van der Waals surface area contributed by atoms with Crippen molar-refractivity contribution in [2.75, 3.05) is 0 Å². The van der Waals surface area contributed by atoms with E-state index < -0.39 is 6.10 Å². The third kappa shape index (κ3) is 2.01. The summed E-state index contributed by atoms with van der Waals surface area (Å²) in [6.07, 6.45) is -0.581. The van der Waals surface area contributed by atoms with Crippen molar-refractivity contribution < 1.29 is 5.11 Å². The van der Waals surface area contributed by atoms with E-state index >= 15 is 0 Å². The Labute approximate surface area is 104 Å². The van der Waals surface area contributed by atoms with Crippen LogP contribution in [0.2, 0.25) is 10.0 Å². The van der Waals surface area contributed by atoms with Crippen LogP contribution >= 0.6 is 23.2 Å². The van der Waals surface area contributed by atoms with E-state index in [1.807, 2.05) is 13.0 Å². The van der Waals surface area contributed by atoms with Crippen LogP contribution in [-0.2, 0) is 0 Å². The highest BCUT2D eigenvalue weighted by Gasteiger charge is 2.12. The summed E-state index contributed by atoms with van der Waals surface area (Å²) in [5.74, 6) is 0. The molecule has 1 atom stereocenters. The molecule has 0 spiro atoms. The van der Waals surface area contributed by atoms with Gasteiger partial charge in [-0.2, -0.15) is 0 Å². The molecular formula is C12H11Cl2NO. The van der Waals surface area contributed by atoms with E-state index in [4.69, 9.17) is 23.2 Å². The summed E-state index contributed by atoms with van der Waals surface area (Å²) >= 11 is 12.0. The molecule has 4 heteroatoms. The molecule has 0 aliphatic heterocycles. The Hall–Kier alpha value is -0.830. The Morgan fingerprint density at radius 2 is 1.94 bits per heavy atom. The Morgan fingerprint density at radius 1 is 1.25 bits per heavy atom. The van der Waals surface area contributed by atoms with Crippen molar-refractivity contribution in [1.29, 1.82) is 0 Å². The Kier molecular flexibility index (Phi) is 3.06. The topological polar surface area (TPSA) is 33.1 Å². The minimum atomic E-state index is -0.581. The number of fused-ring (bicyclic) bond motifs is 1. The highest BCUT2D eigenvalue weighted by atomic mass is 35.5. The fraction of sp³-hybridized carbons (Fsp3) is 0.250. The summed E-state index contributed by atoms with van der Waals surface area (Å²) in [6.45, 7) is 3.58. The van der Waals surface area contributed by atoms with Gasteiger partial charge in [-0.15, -0.1) is 0 Å². The Balaban J connectivity index is 2.90. The van der Waals surface area contributed by atoms with E-state index in [-0.39, 0.29) is 0 Å². The van der Waals surface area contributed by atoms with Gasteiger partial charge in [-0.25, -0.2) is 0 Å². The number of rotatable bonds is 1. The third-order valence-corrected chi connectivity index (χ3v) is 2.95. The molecular weight excluding hydrogens is 245 g/mol. The van der Waals surface area contributed by atoms with Gasteiger partial charge in [0.25, 0.3) is 0 Å². The van der Waals surface area contributed by atoms with Crippen molar-refractivity contribution in [2.45, 2.75) is 20.0 Å².